The van der Waals surface area contributed by atoms with E-state index in [9.17, 15) is 0 Å². The van der Waals surface area contributed by atoms with Gasteiger partial charge in [0.25, 0.3) is 0 Å². The van der Waals surface area contributed by atoms with Crippen molar-refractivity contribution >= 4 is 11.8 Å². The quantitative estimate of drug-likeness (QED) is 0.800. The van der Waals surface area contributed by atoms with Crippen molar-refractivity contribution in [3.8, 4) is 0 Å². The van der Waals surface area contributed by atoms with Gasteiger partial charge in [-0.25, -0.2) is 0 Å². The van der Waals surface area contributed by atoms with Crippen LogP contribution in [0.25, 0.3) is 0 Å². The summed E-state index contributed by atoms with van der Waals surface area (Å²) >= 11 is 1.86. The average molecular weight is 223 g/mol. The van der Waals surface area contributed by atoms with E-state index < -0.39 is 0 Å². The van der Waals surface area contributed by atoms with Crippen molar-refractivity contribution in [3.63, 3.8) is 0 Å². The van der Waals surface area contributed by atoms with Crippen molar-refractivity contribution in [1.82, 2.24) is 0 Å². The van der Waals surface area contributed by atoms with Gasteiger partial charge in [0.05, 0.1) is 0 Å². The summed E-state index contributed by atoms with van der Waals surface area (Å²) in [6.07, 6.45) is 5.56. The third-order valence-electron chi connectivity index (χ3n) is 2.58. The van der Waals surface area contributed by atoms with Crippen LogP contribution in [-0.4, -0.2) is 12.0 Å². The van der Waals surface area contributed by atoms with Crippen molar-refractivity contribution in [2.75, 3.05) is 12.0 Å². The zero-order chi connectivity index (χ0) is 11.1. The maximum absolute atomic E-state index is 6.09. The van der Waals surface area contributed by atoms with Gasteiger partial charge in [0.15, 0.2) is 0 Å². The van der Waals surface area contributed by atoms with Gasteiger partial charge in [-0.3, -0.25) is 0 Å². The van der Waals surface area contributed by atoms with Crippen LogP contribution in [0, 0.1) is 0 Å². The number of nitrogens with two attached hydrogens (primary N) is 1. The molecule has 1 nitrogen and oxygen atoms in total. The van der Waals surface area contributed by atoms with Crippen LogP contribution in [-0.2, 0) is 6.42 Å². The van der Waals surface area contributed by atoms with Gasteiger partial charge in [0.1, 0.15) is 0 Å². The van der Waals surface area contributed by atoms with Crippen LogP contribution in [0.1, 0.15) is 36.9 Å². The molecule has 1 unspecified atom stereocenters. The van der Waals surface area contributed by atoms with Crippen molar-refractivity contribution in [2.24, 2.45) is 5.73 Å². The van der Waals surface area contributed by atoms with Crippen LogP contribution in [0.2, 0.25) is 0 Å². The van der Waals surface area contributed by atoms with Crippen LogP contribution < -0.4 is 5.73 Å². The molecule has 0 radical (unpaired) electrons. The lowest BCUT2D eigenvalue weighted by Crippen LogP contribution is -2.11. The smallest absolute Gasteiger partial charge is 0.0302 e. The molecule has 0 aromatic heterocycles. The molecule has 0 aliphatic carbocycles. The number of thioether (sulfide) groups is 1. The van der Waals surface area contributed by atoms with E-state index in [1.54, 1.807) is 0 Å². The number of benzene rings is 1. The Hall–Kier alpha value is -0.470. The lowest BCUT2D eigenvalue weighted by molar-refractivity contribution is 0.705. The molecular weight excluding hydrogens is 202 g/mol. The first-order valence-corrected chi connectivity index (χ1v) is 7.00. The minimum atomic E-state index is 0.202. The third kappa shape index (κ3) is 4.27. The summed E-state index contributed by atoms with van der Waals surface area (Å²) in [4.78, 5) is 0. The molecule has 1 atom stereocenters. The van der Waals surface area contributed by atoms with E-state index in [0.717, 1.165) is 12.2 Å². The fourth-order valence-corrected chi connectivity index (χ4v) is 2.12. The third-order valence-corrected chi connectivity index (χ3v) is 3.22. The topological polar surface area (TPSA) is 26.0 Å². The van der Waals surface area contributed by atoms with Gasteiger partial charge in [-0.1, -0.05) is 37.6 Å². The van der Waals surface area contributed by atoms with Crippen molar-refractivity contribution in [2.45, 2.75) is 32.2 Å². The van der Waals surface area contributed by atoms with Crippen LogP contribution >= 0.6 is 11.8 Å². The SMILES string of the molecule is CCCc1ccc(C(N)CCSC)cc1. The minimum absolute atomic E-state index is 0.202. The first-order valence-electron chi connectivity index (χ1n) is 5.61. The highest BCUT2D eigenvalue weighted by atomic mass is 32.2. The number of rotatable bonds is 6. The summed E-state index contributed by atoms with van der Waals surface area (Å²) in [7, 11) is 0. The molecule has 1 rings (SSSR count). The Morgan fingerprint density at radius 3 is 2.47 bits per heavy atom. The van der Waals surface area contributed by atoms with E-state index in [1.807, 2.05) is 11.8 Å². The molecule has 1 aromatic rings. The Bertz CT molecular complexity index is 268. The molecule has 0 heterocycles. The normalized spacial score (nSPS) is 12.7. The number of hydrogen-bond donors (Lipinski definition) is 1. The van der Waals surface area contributed by atoms with Gasteiger partial charge in [0.2, 0.25) is 0 Å². The van der Waals surface area contributed by atoms with Gasteiger partial charge < -0.3 is 5.73 Å². The first-order chi connectivity index (χ1) is 7.27. The Kier molecular flexibility index (Phi) is 5.81. The first kappa shape index (κ1) is 12.6. The van der Waals surface area contributed by atoms with Gasteiger partial charge >= 0.3 is 0 Å². The highest BCUT2D eigenvalue weighted by Gasteiger charge is 2.04. The van der Waals surface area contributed by atoms with E-state index >= 15 is 0 Å². The highest BCUT2D eigenvalue weighted by Crippen LogP contribution is 2.17. The van der Waals surface area contributed by atoms with Crippen LogP contribution in [0.15, 0.2) is 24.3 Å². The summed E-state index contributed by atoms with van der Waals surface area (Å²) in [5.41, 5.74) is 8.77. The zero-order valence-electron chi connectivity index (χ0n) is 9.70. The number of hydrogen-bond acceptors (Lipinski definition) is 2. The van der Waals surface area contributed by atoms with Crippen LogP contribution in [0.3, 0.4) is 0 Å². The summed E-state index contributed by atoms with van der Waals surface area (Å²) in [5, 5.41) is 0. The monoisotopic (exact) mass is 223 g/mol. The standard InChI is InChI=1S/C13H21NS/c1-3-4-11-5-7-12(8-6-11)13(14)9-10-15-2/h5-8,13H,3-4,9-10,14H2,1-2H3. The lowest BCUT2D eigenvalue weighted by atomic mass is 10.0. The van der Waals surface area contributed by atoms with Crippen molar-refractivity contribution in [1.29, 1.82) is 0 Å². The van der Waals surface area contributed by atoms with Gasteiger partial charge in [-0.05, 0) is 36.0 Å². The molecule has 0 fully saturated rings. The van der Waals surface area contributed by atoms with Crippen LogP contribution in [0.5, 0.6) is 0 Å². The van der Waals surface area contributed by atoms with Gasteiger partial charge in [-0.2, -0.15) is 11.8 Å². The second kappa shape index (κ2) is 6.91. The Labute approximate surface area is 97.4 Å². The largest absolute Gasteiger partial charge is 0.324 e. The van der Waals surface area contributed by atoms with Crippen molar-refractivity contribution < 1.29 is 0 Å². The van der Waals surface area contributed by atoms with Gasteiger partial charge in [0, 0.05) is 6.04 Å². The number of aryl methyl sites for hydroxylation is 1. The molecule has 2 N–H and O–H groups in total. The molecule has 1 aromatic carbocycles. The Morgan fingerprint density at radius 1 is 1.27 bits per heavy atom. The van der Waals surface area contributed by atoms with E-state index in [4.69, 9.17) is 5.73 Å². The molecule has 0 aliphatic heterocycles. The van der Waals surface area contributed by atoms with E-state index in [2.05, 4.69) is 37.4 Å². The van der Waals surface area contributed by atoms with Gasteiger partial charge in [-0.15, -0.1) is 0 Å². The molecule has 0 saturated heterocycles. The second-order valence-corrected chi connectivity index (χ2v) is 4.87. The van der Waals surface area contributed by atoms with E-state index in [-0.39, 0.29) is 6.04 Å². The Balaban J connectivity index is 2.54. The predicted molar refractivity (Wildman–Crippen MR) is 70.4 cm³/mol. The molecule has 0 saturated carbocycles. The lowest BCUT2D eigenvalue weighted by Gasteiger charge is -2.11. The maximum atomic E-state index is 6.09. The summed E-state index contributed by atoms with van der Waals surface area (Å²) in [6, 6.07) is 8.97. The summed E-state index contributed by atoms with van der Waals surface area (Å²) < 4.78 is 0. The van der Waals surface area contributed by atoms with Crippen LogP contribution in [0.4, 0.5) is 0 Å². The minimum Gasteiger partial charge on any atom is -0.324 e. The molecule has 2 heteroatoms. The molecule has 0 aliphatic rings. The maximum Gasteiger partial charge on any atom is 0.0302 e. The second-order valence-electron chi connectivity index (χ2n) is 3.88. The van der Waals surface area contributed by atoms with Crippen molar-refractivity contribution in [3.05, 3.63) is 35.4 Å². The molecule has 0 amide bonds. The molecule has 0 spiro atoms. The zero-order valence-corrected chi connectivity index (χ0v) is 10.5. The Morgan fingerprint density at radius 2 is 1.93 bits per heavy atom. The highest BCUT2D eigenvalue weighted by molar-refractivity contribution is 7.98. The average Bonchev–Trinajstić information content (AvgIpc) is 2.27. The predicted octanol–water partition coefficient (Wildman–Crippen LogP) is 3.39. The fraction of sp³-hybridized carbons (Fsp3) is 0.538. The summed E-state index contributed by atoms with van der Waals surface area (Å²) in [6.45, 7) is 2.21. The summed E-state index contributed by atoms with van der Waals surface area (Å²) in [5.74, 6) is 1.14. The molecular formula is C13H21NS. The fourth-order valence-electron chi connectivity index (χ4n) is 1.63. The van der Waals surface area contributed by atoms with E-state index in [0.29, 0.717) is 0 Å². The van der Waals surface area contributed by atoms with E-state index in [1.165, 1.54) is 24.0 Å². The molecule has 15 heavy (non-hydrogen) atoms. The molecule has 0 bridgehead atoms. The molecule has 84 valence electrons.